The summed E-state index contributed by atoms with van der Waals surface area (Å²) in [4.78, 5) is 14.3. The summed E-state index contributed by atoms with van der Waals surface area (Å²) in [5, 5.41) is 0.0667. The minimum atomic E-state index is -4.58. The maximum absolute atomic E-state index is 14.3. The van der Waals surface area contributed by atoms with Gasteiger partial charge in [-0.05, 0) is 0 Å². The normalized spacial score (nSPS) is 20.1. The van der Waals surface area contributed by atoms with Crippen molar-refractivity contribution in [3.05, 3.63) is 85.6 Å². The SMILES string of the molecule is O=C1c2ccccc2N2CCN(CCCl)P23(Oc2c(Cl)c(Cl)c(Cl)c(Cl)c2O3)N1Cc1ccc(F)cc1. The number of halogens is 6. The van der Waals surface area contributed by atoms with Crippen molar-refractivity contribution in [2.75, 3.05) is 30.2 Å². The van der Waals surface area contributed by atoms with Gasteiger partial charge >= 0.3 is 238 Å². The van der Waals surface area contributed by atoms with E-state index in [1.807, 2.05) is 21.5 Å². The van der Waals surface area contributed by atoms with Crippen molar-refractivity contribution < 1.29 is 18.2 Å². The van der Waals surface area contributed by atoms with Crippen LogP contribution >= 0.6 is 65.5 Å². The fraction of sp³-hybridized carbons (Fsp3) is 0.208. The Hall–Kier alpha value is -1.70. The third-order valence-electron chi connectivity index (χ3n) is 6.80. The molecule has 0 aliphatic carbocycles. The van der Waals surface area contributed by atoms with Gasteiger partial charge in [-0.15, -0.1) is 0 Å². The van der Waals surface area contributed by atoms with Crippen molar-refractivity contribution in [2.24, 2.45) is 0 Å². The molecule has 194 valence electrons. The van der Waals surface area contributed by atoms with Gasteiger partial charge in [0.1, 0.15) is 0 Å². The summed E-state index contributed by atoms with van der Waals surface area (Å²) in [6.45, 7) is 1.31. The van der Waals surface area contributed by atoms with Gasteiger partial charge in [-0.25, -0.2) is 0 Å². The molecule has 3 aromatic carbocycles. The van der Waals surface area contributed by atoms with Gasteiger partial charge in [0.15, 0.2) is 0 Å². The average Bonchev–Trinajstić information content (AvgIpc) is 3.43. The number of fused-ring (bicyclic) bond motifs is 3. The molecule has 6 nitrogen and oxygen atoms in total. The zero-order valence-electron chi connectivity index (χ0n) is 18.9. The Balaban J connectivity index is 1.66. The molecule has 3 aromatic rings. The Morgan fingerprint density at radius 1 is 0.865 bits per heavy atom. The molecule has 0 radical (unpaired) electrons. The first-order valence-corrected chi connectivity index (χ1v) is 15.2. The third kappa shape index (κ3) is 3.35. The van der Waals surface area contributed by atoms with E-state index in [1.54, 1.807) is 28.9 Å². The summed E-state index contributed by atoms with van der Waals surface area (Å²) >= 11 is 32.3. The van der Waals surface area contributed by atoms with Gasteiger partial charge in [0.25, 0.3) is 0 Å². The standard InChI is InChI=1S/C24H18Cl5FN3O3P/c25-9-10-31-11-12-32-17-4-2-1-3-16(17)24(34)33(13-14-5-7-15(30)8-6-14)37(31,32)35-22-20(28)18(26)19(27)21(29)23(22)36-37/h1-8H,9-13H2. The zero-order valence-corrected chi connectivity index (χ0v) is 23.6. The van der Waals surface area contributed by atoms with Crippen LogP contribution in [-0.4, -0.2) is 40.8 Å². The number of hydrogen-bond donors (Lipinski definition) is 0. The van der Waals surface area contributed by atoms with E-state index in [2.05, 4.69) is 0 Å². The summed E-state index contributed by atoms with van der Waals surface area (Å²) in [6.07, 6.45) is 0. The number of hydrogen-bond acceptors (Lipinski definition) is 5. The Kier molecular flexibility index (Phi) is 6.16. The first-order chi connectivity index (χ1) is 17.7. The second-order valence-corrected chi connectivity index (χ2v) is 14.2. The number of alkyl halides is 1. The quantitative estimate of drug-likeness (QED) is 0.127. The maximum atomic E-state index is 14.3. The number of amides is 1. The Morgan fingerprint density at radius 3 is 2.11 bits per heavy atom. The van der Waals surface area contributed by atoms with Crippen LogP contribution in [0.25, 0.3) is 0 Å². The number of carbonyl (C=O) groups excluding carboxylic acids is 1. The number of para-hydroxylation sites is 1. The van der Waals surface area contributed by atoms with Crippen LogP contribution in [-0.2, 0) is 6.54 Å². The van der Waals surface area contributed by atoms with E-state index in [0.29, 0.717) is 36.4 Å². The van der Waals surface area contributed by atoms with Crippen molar-refractivity contribution in [2.45, 2.75) is 6.54 Å². The van der Waals surface area contributed by atoms with Gasteiger partial charge < -0.3 is 0 Å². The Bertz CT molecular complexity index is 1420. The fourth-order valence-corrected chi connectivity index (χ4v) is 11.7. The third-order valence-corrected chi connectivity index (χ3v) is 13.5. The van der Waals surface area contributed by atoms with Crippen molar-refractivity contribution >= 4 is 77.1 Å². The van der Waals surface area contributed by atoms with Gasteiger partial charge in [-0.2, -0.15) is 0 Å². The zero-order chi connectivity index (χ0) is 26.1. The van der Waals surface area contributed by atoms with E-state index in [4.69, 9.17) is 67.1 Å². The Morgan fingerprint density at radius 2 is 1.49 bits per heavy atom. The summed E-state index contributed by atoms with van der Waals surface area (Å²) in [5.74, 6) is -0.285. The van der Waals surface area contributed by atoms with Crippen LogP contribution < -0.4 is 13.7 Å². The van der Waals surface area contributed by atoms with E-state index in [1.165, 1.54) is 12.1 Å². The summed E-state index contributed by atoms with van der Waals surface area (Å²) < 4.78 is 33.0. The predicted octanol–water partition coefficient (Wildman–Crippen LogP) is 8.06. The van der Waals surface area contributed by atoms with E-state index in [0.717, 1.165) is 0 Å². The molecule has 0 bridgehead atoms. The van der Waals surface area contributed by atoms with Crippen LogP contribution in [0.3, 0.4) is 0 Å². The molecule has 0 aromatic heterocycles. The van der Waals surface area contributed by atoms with Crippen LogP contribution in [0.1, 0.15) is 15.9 Å². The van der Waals surface area contributed by atoms with Crippen molar-refractivity contribution in [3.63, 3.8) is 0 Å². The molecule has 37 heavy (non-hydrogen) atoms. The first kappa shape index (κ1) is 25.6. The number of rotatable bonds is 4. The van der Waals surface area contributed by atoms with Gasteiger partial charge in [0.05, 0.1) is 0 Å². The van der Waals surface area contributed by atoms with Gasteiger partial charge in [-0.3, -0.25) is 0 Å². The minimum absolute atomic E-state index is 0.0118. The molecule has 0 saturated carbocycles. The number of anilines is 1. The summed E-state index contributed by atoms with van der Waals surface area (Å²) in [7, 11) is -4.58. The molecule has 0 unspecified atom stereocenters. The number of benzene rings is 3. The molecule has 1 fully saturated rings. The topological polar surface area (TPSA) is 45.3 Å². The summed E-state index contributed by atoms with van der Waals surface area (Å²) in [5.41, 5.74) is 1.79. The second kappa shape index (κ2) is 8.92. The molecule has 3 aliphatic rings. The molecular formula is C24H18Cl5FN3O3P. The molecule has 0 atom stereocenters. The van der Waals surface area contributed by atoms with E-state index in [9.17, 15) is 9.18 Å². The van der Waals surface area contributed by atoms with Crippen molar-refractivity contribution in [3.8, 4) is 11.5 Å². The summed E-state index contributed by atoms with van der Waals surface area (Å²) in [6, 6.07) is 13.1. The fourth-order valence-electron chi connectivity index (χ4n) is 5.21. The van der Waals surface area contributed by atoms with Crippen LogP contribution in [0.5, 0.6) is 11.5 Å². The van der Waals surface area contributed by atoms with Crippen LogP contribution in [0, 0.1) is 5.82 Å². The van der Waals surface area contributed by atoms with Crippen LogP contribution in [0.4, 0.5) is 10.1 Å². The van der Waals surface area contributed by atoms with Gasteiger partial charge in [0.2, 0.25) is 0 Å². The molecule has 0 N–H and O–H groups in total. The molecule has 13 heteroatoms. The second-order valence-electron chi connectivity index (χ2n) is 8.70. The predicted molar refractivity (Wildman–Crippen MR) is 147 cm³/mol. The molecule has 3 heterocycles. The molecule has 1 saturated heterocycles. The van der Waals surface area contributed by atoms with E-state index >= 15 is 0 Å². The van der Waals surface area contributed by atoms with Crippen LogP contribution in [0.15, 0.2) is 48.5 Å². The van der Waals surface area contributed by atoms with E-state index < -0.39 is 13.3 Å². The molecule has 1 spiro atoms. The molecule has 6 rings (SSSR count). The average molecular weight is 624 g/mol. The molecule has 1 amide bonds. The van der Waals surface area contributed by atoms with Gasteiger partial charge in [-0.1, -0.05) is 0 Å². The number of nitrogens with zero attached hydrogens (tertiary/aromatic N) is 3. The first-order valence-electron chi connectivity index (χ1n) is 11.3. The molecule has 3 aliphatic heterocycles. The van der Waals surface area contributed by atoms with Crippen molar-refractivity contribution in [1.82, 2.24) is 9.34 Å². The molecular weight excluding hydrogens is 606 g/mol. The van der Waals surface area contributed by atoms with E-state index in [-0.39, 0.29) is 49.9 Å². The monoisotopic (exact) mass is 621 g/mol. The van der Waals surface area contributed by atoms with Gasteiger partial charge in [0, 0.05) is 0 Å². The van der Waals surface area contributed by atoms with Crippen LogP contribution in [0.2, 0.25) is 20.1 Å². The number of carbonyl (C=O) groups is 1. The Labute approximate surface area is 237 Å². The van der Waals surface area contributed by atoms with Crippen molar-refractivity contribution in [1.29, 1.82) is 0 Å².